The van der Waals surface area contributed by atoms with Crippen LogP contribution in [-0.2, 0) is 0 Å². The number of pyridine rings is 1. The Kier molecular flexibility index (Phi) is 3.57. The van der Waals surface area contributed by atoms with E-state index < -0.39 is 17.4 Å². The van der Waals surface area contributed by atoms with Crippen LogP contribution in [0, 0.1) is 6.92 Å². The van der Waals surface area contributed by atoms with Crippen molar-refractivity contribution in [3.05, 3.63) is 23.0 Å². The SMILES string of the molecule is COc1cc(C(F)F)nc(C)c1C(=O)Cl. The van der Waals surface area contributed by atoms with Gasteiger partial charge in [-0.1, -0.05) is 0 Å². The Balaban J connectivity index is 3.37. The minimum absolute atomic E-state index is 0.0119. The molecule has 1 rings (SSSR count). The highest BCUT2D eigenvalue weighted by Gasteiger charge is 2.19. The van der Waals surface area contributed by atoms with Gasteiger partial charge in [0.1, 0.15) is 11.4 Å². The number of carbonyl (C=O) groups excluding carboxylic acids is 1. The first kappa shape index (κ1) is 11.8. The van der Waals surface area contributed by atoms with Gasteiger partial charge >= 0.3 is 0 Å². The van der Waals surface area contributed by atoms with Crippen molar-refractivity contribution in [1.82, 2.24) is 4.98 Å². The van der Waals surface area contributed by atoms with Crippen LogP contribution >= 0.6 is 11.6 Å². The summed E-state index contributed by atoms with van der Waals surface area (Å²) in [5.74, 6) is 0.0119. The summed E-state index contributed by atoms with van der Waals surface area (Å²) >= 11 is 5.28. The molecule has 0 spiro atoms. The molecule has 0 bridgehead atoms. The van der Waals surface area contributed by atoms with Crippen molar-refractivity contribution in [1.29, 1.82) is 0 Å². The molecule has 3 nitrogen and oxygen atoms in total. The summed E-state index contributed by atoms with van der Waals surface area (Å²) in [5, 5.41) is -0.780. The van der Waals surface area contributed by atoms with E-state index in [9.17, 15) is 13.6 Å². The molecule has 0 aliphatic rings. The standard InChI is InChI=1S/C9H8ClF2NO2/c1-4-7(8(10)14)6(15-2)3-5(13-4)9(11)12/h3,9H,1-2H3. The molecule has 1 aromatic heterocycles. The van der Waals surface area contributed by atoms with Gasteiger partial charge in [0, 0.05) is 6.07 Å². The zero-order valence-electron chi connectivity index (χ0n) is 8.05. The lowest BCUT2D eigenvalue weighted by atomic mass is 10.2. The van der Waals surface area contributed by atoms with E-state index in [4.69, 9.17) is 16.3 Å². The second kappa shape index (κ2) is 4.53. The zero-order chi connectivity index (χ0) is 11.6. The van der Waals surface area contributed by atoms with Crippen LogP contribution in [0.25, 0.3) is 0 Å². The number of alkyl halides is 2. The number of rotatable bonds is 3. The zero-order valence-corrected chi connectivity index (χ0v) is 8.81. The minimum Gasteiger partial charge on any atom is -0.496 e. The number of nitrogens with zero attached hydrogens (tertiary/aromatic N) is 1. The minimum atomic E-state index is -2.71. The Morgan fingerprint density at radius 1 is 1.60 bits per heavy atom. The lowest BCUT2D eigenvalue weighted by molar-refractivity contribution is 0.107. The first-order valence-corrected chi connectivity index (χ1v) is 4.38. The third-order valence-electron chi connectivity index (χ3n) is 1.82. The number of halogens is 3. The molecule has 15 heavy (non-hydrogen) atoms. The molecule has 1 heterocycles. The molecule has 0 saturated heterocycles. The van der Waals surface area contributed by atoms with Crippen molar-refractivity contribution in [2.75, 3.05) is 7.11 Å². The Hall–Kier alpha value is -1.23. The summed E-state index contributed by atoms with van der Waals surface area (Å²) in [6, 6.07) is 1.01. The van der Waals surface area contributed by atoms with Crippen LogP contribution in [0.3, 0.4) is 0 Å². The molecule has 0 aliphatic heterocycles. The molecular weight excluding hydrogens is 228 g/mol. The molecule has 0 atom stereocenters. The first-order valence-electron chi connectivity index (χ1n) is 4.01. The predicted octanol–water partition coefficient (Wildman–Crippen LogP) is 2.72. The van der Waals surface area contributed by atoms with Gasteiger partial charge in [0.25, 0.3) is 11.7 Å². The molecule has 0 amide bonds. The molecule has 0 N–H and O–H groups in total. The Bertz CT molecular complexity index is 396. The topological polar surface area (TPSA) is 39.2 Å². The Morgan fingerprint density at radius 3 is 2.60 bits per heavy atom. The monoisotopic (exact) mass is 235 g/mol. The highest BCUT2D eigenvalue weighted by Crippen LogP contribution is 2.27. The molecule has 0 aromatic carbocycles. The number of methoxy groups -OCH3 is 1. The second-order valence-electron chi connectivity index (χ2n) is 2.78. The normalized spacial score (nSPS) is 10.5. The number of aromatic nitrogens is 1. The van der Waals surface area contributed by atoms with Crippen LogP contribution in [0.2, 0.25) is 0 Å². The maximum atomic E-state index is 12.4. The summed E-state index contributed by atoms with van der Waals surface area (Å²) in [4.78, 5) is 14.6. The summed E-state index contributed by atoms with van der Waals surface area (Å²) < 4.78 is 29.5. The van der Waals surface area contributed by atoms with E-state index >= 15 is 0 Å². The van der Waals surface area contributed by atoms with Gasteiger partial charge in [-0.25, -0.2) is 8.78 Å². The average molecular weight is 236 g/mol. The lowest BCUT2D eigenvalue weighted by Crippen LogP contribution is -2.04. The molecule has 0 aliphatic carbocycles. The third kappa shape index (κ3) is 2.41. The third-order valence-corrected chi connectivity index (χ3v) is 2.01. The van der Waals surface area contributed by atoms with E-state index in [1.165, 1.54) is 14.0 Å². The second-order valence-corrected chi connectivity index (χ2v) is 3.13. The van der Waals surface area contributed by atoms with Crippen LogP contribution < -0.4 is 4.74 Å². The van der Waals surface area contributed by atoms with Crippen LogP contribution in [-0.4, -0.2) is 17.3 Å². The number of hydrogen-bond acceptors (Lipinski definition) is 3. The van der Waals surface area contributed by atoms with Crippen LogP contribution in [0.4, 0.5) is 8.78 Å². The highest BCUT2D eigenvalue weighted by atomic mass is 35.5. The van der Waals surface area contributed by atoms with Gasteiger partial charge in [0.2, 0.25) is 0 Å². The van der Waals surface area contributed by atoms with Crippen LogP contribution in [0.15, 0.2) is 6.07 Å². The first-order chi connectivity index (χ1) is 6.97. The van der Waals surface area contributed by atoms with E-state index in [-0.39, 0.29) is 17.0 Å². The molecule has 6 heteroatoms. The maximum Gasteiger partial charge on any atom is 0.280 e. The maximum absolute atomic E-state index is 12.4. The summed E-state index contributed by atoms with van der Waals surface area (Å²) in [5.41, 5.74) is -0.292. The highest BCUT2D eigenvalue weighted by molar-refractivity contribution is 6.68. The van der Waals surface area contributed by atoms with Crippen LogP contribution in [0.1, 0.15) is 28.2 Å². The summed E-state index contributed by atoms with van der Waals surface area (Å²) in [7, 11) is 1.27. The number of ether oxygens (including phenoxy) is 1. The van der Waals surface area contributed by atoms with Crippen molar-refractivity contribution < 1.29 is 18.3 Å². The fourth-order valence-electron chi connectivity index (χ4n) is 1.18. The molecule has 82 valence electrons. The van der Waals surface area contributed by atoms with Crippen molar-refractivity contribution in [2.45, 2.75) is 13.3 Å². The molecule has 0 unspecified atom stereocenters. The largest absolute Gasteiger partial charge is 0.496 e. The number of hydrogen-bond donors (Lipinski definition) is 0. The molecule has 0 fully saturated rings. The Morgan fingerprint density at radius 2 is 2.20 bits per heavy atom. The summed E-state index contributed by atoms with van der Waals surface area (Å²) in [6.45, 7) is 1.42. The molecule has 1 aromatic rings. The molecule has 0 saturated carbocycles. The van der Waals surface area contributed by atoms with E-state index in [1.807, 2.05) is 0 Å². The van der Waals surface area contributed by atoms with Crippen molar-refractivity contribution in [3.8, 4) is 5.75 Å². The fourth-order valence-corrected chi connectivity index (χ4v) is 1.41. The van der Waals surface area contributed by atoms with Gasteiger partial charge in [0.15, 0.2) is 0 Å². The van der Waals surface area contributed by atoms with Crippen molar-refractivity contribution >= 4 is 16.8 Å². The average Bonchev–Trinajstić information content (AvgIpc) is 2.15. The smallest absolute Gasteiger partial charge is 0.280 e. The van der Waals surface area contributed by atoms with Crippen LogP contribution in [0.5, 0.6) is 5.75 Å². The van der Waals surface area contributed by atoms with Gasteiger partial charge in [0.05, 0.1) is 18.4 Å². The van der Waals surface area contributed by atoms with Crippen molar-refractivity contribution in [2.24, 2.45) is 0 Å². The number of carbonyl (C=O) groups is 1. The van der Waals surface area contributed by atoms with E-state index in [1.54, 1.807) is 0 Å². The van der Waals surface area contributed by atoms with E-state index in [0.717, 1.165) is 6.07 Å². The van der Waals surface area contributed by atoms with Gasteiger partial charge in [-0.3, -0.25) is 9.78 Å². The summed E-state index contributed by atoms with van der Waals surface area (Å²) in [6.07, 6.45) is -2.71. The quantitative estimate of drug-likeness (QED) is 0.756. The lowest BCUT2D eigenvalue weighted by Gasteiger charge is -2.09. The van der Waals surface area contributed by atoms with E-state index in [0.29, 0.717) is 0 Å². The van der Waals surface area contributed by atoms with Crippen molar-refractivity contribution in [3.63, 3.8) is 0 Å². The van der Waals surface area contributed by atoms with Gasteiger partial charge < -0.3 is 4.74 Å². The van der Waals surface area contributed by atoms with Gasteiger partial charge in [-0.2, -0.15) is 0 Å². The van der Waals surface area contributed by atoms with Gasteiger partial charge in [-0.15, -0.1) is 0 Å². The molecule has 0 radical (unpaired) electrons. The fraction of sp³-hybridized carbons (Fsp3) is 0.333. The van der Waals surface area contributed by atoms with Gasteiger partial charge in [-0.05, 0) is 18.5 Å². The number of aryl methyl sites for hydroxylation is 1. The van der Waals surface area contributed by atoms with E-state index in [2.05, 4.69) is 4.98 Å². The Labute approximate surface area is 90.0 Å². The molecular formula is C9H8ClF2NO2. The predicted molar refractivity (Wildman–Crippen MR) is 50.7 cm³/mol.